The van der Waals surface area contributed by atoms with Gasteiger partial charge in [-0.1, -0.05) is 12.1 Å². The molecule has 3 heterocycles. The first kappa shape index (κ1) is 25.1. The number of carboxylic acid groups (broad SMARTS) is 1. The summed E-state index contributed by atoms with van der Waals surface area (Å²) in [4.78, 5) is 20.4. The number of halogens is 4. The van der Waals surface area contributed by atoms with E-state index in [-0.39, 0.29) is 36.6 Å². The predicted molar refractivity (Wildman–Crippen MR) is 124 cm³/mol. The smallest absolute Gasteiger partial charge is 0.408 e. The van der Waals surface area contributed by atoms with E-state index in [1.165, 1.54) is 42.5 Å². The number of alkyl halides is 3. The lowest BCUT2D eigenvalue weighted by molar-refractivity contribution is -0.183. The molecule has 0 saturated carbocycles. The van der Waals surface area contributed by atoms with Crippen LogP contribution in [0.2, 0.25) is 0 Å². The van der Waals surface area contributed by atoms with Crippen LogP contribution in [0.15, 0.2) is 47.7 Å². The summed E-state index contributed by atoms with van der Waals surface area (Å²) in [5, 5.41) is 15.7. The first-order valence-electron chi connectivity index (χ1n) is 10.8. The molecule has 3 N–H and O–H groups in total. The fourth-order valence-corrected chi connectivity index (χ4v) is 4.09. The van der Waals surface area contributed by atoms with Gasteiger partial charge in [-0.25, -0.2) is 19.2 Å². The molecule has 1 aliphatic rings. The number of hydrazone groups is 1. The van der Waals surface area contributed by atoms with Crippen molar-refractivity contribution in [1.29, 1.82) is 0 Å². The van der Waals surface area contributed by atoms with Crippen LogP contribution >= 0.6 is 0 Å². The maximum Gasteiger partial charge on any atom is 0.408 e. The van der Waals surface area contributed by atoms with Crippen LogP contribution in [0, 0.1) is 5.82 Å². The van der Waals surface area contributed by atoms with E-state index in [0.717, 1.165) is 6.20 Å². The van der Waals surface area contributed by atoms with Crippen molar-refractivity contribution in [2.45, 2.75) is 24.7 Å². The molecule has 1 fully saturated rings. The number of anilines is 1. The van der Waals surface area contributed by atoms with Crippen LogP contribution in [-0.2, 0) is 0 Å². The third kappa shape index (κ3) is 5.79. The van der Waals surface area contributed by atoms with E-state index in [0.29, 0.717) is 16.6 Å². The number of benzene rings is 1. The summed E-state index contributed by atoms with van der Waals surface area (Å²) in [6, 6.07) is 6.27. The van der Waals surface area contributed by atoms with Gasteiger partial charge in [0, 0.05) is 36.8 Å². The van der Waals surface area contributed by atoms with Gasteiger partial charge >= 0.3 is 12.3 Å². The first-order chi connectivity index (χ1) is 17.1. The molecule has 0 radical (unpaired) electrons. The fourth-order valence-electron chi connectivity index (χ4n) is 4.09. The summed E-state index contributed by atoms with van der Waals surface area (Å²) < 4.78 is 60.3. The Kier molecular flexibility index (Phi) is 7.20. The highest BCUT2D eigenvalue weighted by Gasteiger charge is 2.47. The standard InChI is InChI=1S/C23H22F4N6O3/c1-36-19-9-18-13(8-17(19)24)2-4-15(30-18)11-29-32-20-5-3-14(10-28-20)21(23(25,26)27)33-7-6-16(12-33)31-22(34)35/h2-5,8-11,16,21,31H,6-7,12H2,1H3,(H,28,32)(H,34,35)/b29-11+/t16-,21+/m0/s1. The summed E-state index contributed by atoms with van der Waals surface area (Å²) in [6.07, 6.45) is -3.05. The minimum absolute atomic E-state index is 0.0575. The van der Waals surface area contributed by atoms with Crippen molar-refractivity contribution in [2.24, 2.45) is 5.10 Å². The third-order valence-electron chi connectivity index (χ3n) is 5.68. The van der Waals surface area contributed by atoms with Gasteiger partial charge in [0.15, 0.2) is 11.6 Å². The van der Waals surface area contributed by atoms with E-state index in [1.807, 2.05) is 0 Å². The Labute approximate surface area is 202 Å². The minimum atomic E-state index is -4.57. The van der Waals surface area contributed by atoms with Gasteiger partial charge in [-0.15, -0.1) is 0 Å². The van der Waals surface area contributed by atoms with Gasteiger partial charge in [-0.2, -0.15) is 18.3 Å². The minimum Gasteiger partial charge on any atom is -0.494 e. The summed E-state index contributed by atoms with van der Waals surface area (Å²) in [5.74, 6) is -0.225. The van der Waals surface area contributed by atoms with E-state index in [9.17, 15) is 22.4 Å². The largest absolute Gasteiger partial charge is 0.494 e. The molecular weight excluding hydrogens is 484 g/mol. The van der Waals surface area contributed by atoms with Crippen LogP contribution < -0.4 is 15.5 Å². The van der Waals surface area contributed by atoms with Gasteiger partial charge in [0.2, 0.25) is 0 Å². The van der Waals surface area contributed by atoms with Crippen LogP contribution in [-0.4, -0.2) is 64.7 Å². The molecule has 190 valence electrons. The second kappa shape index (κ2) is 10.3. The Morgan fingerprint density at radius 1 is 1.31 bits per heavy atom. The van der Waals surface area contributed by atoms with Gasteiger partial charge in [-0.05, 0) is 30.2 Å². The molecule has 9 nitrogen and oxygen atoms in total. The van der Waals surface area contributed by atoms with Crippen LogP contribution in [0.3, 0.4) is 0 Å². The number of aromatic nitrogens is 2. The molecule has 4 rings (SSSR count). The van der Waals surface area contributed by atoms with E-state index in [2.05, 4.69) is 25.8 Å². The second-order valence-corrected chi connectivity index (χ2v) is 8.14. The fraction of sp³-hybridized carbons (Fsp3) is 0.304. The van der Waals surface area contributed by atoms with Gasteiger partial charge in [0.25, 0.3) is 0 Å². The second-order valence-electron chi connectivity index (χ2n) is 8.14. The highest BCUT2D eigenvalue weighted by Crippen LogP contribution is 2.39. The zero-order chi connectivity index (χ0) is 25.9. The molecule has 0 bridgehead atoms. The topological polar surface area (TPSA) is 112 Å². The number of hydrogen-bond acceptors (Lipinski definition) is 7. The molecule has 1 saturated heterocycles. The maximum atomic E-state index is 13.8. The van der Waals surface area contributed by atoms with Crippen molar-refractivity contribution >= 4 is 29.0 Å². The number of pyridine rings is 2. The highest BCUT2D eigenvalue weighted by molar-refractivity contribution is 5.86. The molecule has 1 aliphatic heterocycles. The number of rotatable bonds is 7. The molecule has 13 heteroatoms. The van der Waals surface area contributed by atoms with Crippen molar-refractivity contribution in [3.05, 3.63) is 59.7 Å². The van der Waals surface area contributed by atoms with Gasteiger partial charge < -0.3 is 15.2 Å². The summed E-state index contributed by atoms with van der Waals surface area (Å²) in [7, 11) is 1.35. The van der Waals surface area contributed by atoms with Gasteiger partial charge in [0.1, 0.15) is 11.9 Å². The predicted octanol–water partition coefficient (Wildman–Crippen LogP) is 4.17. The molecule has 1 amide bonds. The number of nitrogens with zero attached hydrogens (tertiary/aromatic N) is 4. The van der Waals surface area contributed by atoms with E-state index < -0.39 is 30.2 Å². The number of amides is 1. The van der Waals surface area contributed by atoms with E-state index in [1.54, 1.807) is 12.1 Å². The zero-order valence-corrected chi connectivity index (χ0v) is 19.0. The van der Waals surface area contributed by atoms with Crippen LogP contribution in [0.1, 0.15) is 23.7 Å². The molecular formula is C23H22F4N6O3. The van der Waals surface area contributed by atoms with Crippen LogP contribution in [0.4, 0.5) is 28.2 Å². The van der Waals surface area contributed by atoms with Gasteiger partial charge in [-0.3, -0.25) is 10.3 Å². The lowest BCUT2D eigenvalue weighted by Crippen LogP contribution is -2.40. The SMILES string of the molecule is COc1cc2nc(/C=N/Nc3ccc([C@@H](N4CC[C@H](NC(=O)O)C4)C(F)(F)F)cn3)ccc2cc1F. The van der Waals surface area contributed by atoms with Crippen molar-refractivity contribution in [3.8, 4) is 5.75 Å². The van der Waals surface area contributed by atoms with Crippen LogP contribution in [0.5, 0.6) is 5.75 Å². The Morgan fingerprint density at radius 2 is 2.11 bits per heavy atom. The molecule has 2 atom stereocenters. The highest BCUT2D eigenvalue weighted by atomic mass is 19.4. The zero-order valence-electron chi connectivity index (χ0n) is 19.0. The molecule has 0 aliphatic carbocycles. The number of carbonyl (C=O) groups is 1. The molecule has 36 heavy (non-hydrogen) atoms. The maximum absolute atomic E-state index is 13.8. The summed E-state index contributed by atoms with van der Waals surface area (Å²) in [6.45, 7) is 0.0364. The number of ether oxygens (including phenoxy) is 1. The van der Waals surface area contributed by atoms with Crippen LogP contribution in [0.25, 0.3) is 10.9 Å². The quantitative estimate of drug-likeness (QED) is 0.251. The number of methoxy groups -OCH3 is 1. The Hall–Kier alpha value is -4.00. The molecule has 0 unspecified atom stereocenters. The first-order valence-corrected chi connectivity index (χ1v) is 10.8. The lowest BCUT2D eigenvalue weighted by atomic mass is 10.1. The summed E-state index contributed by atoms with van der Waals surface area (Å²) in [5.41, 5.74) is 3.53. The Morgan fingerprint density at radius 3 is 2.78 bits per heavy atom. The molecule has 0 spiro atoms. The molecule has 3 aromatic rings. The van der Waals surface area contributed by atoms with Crippen molar-refractivity contribution in [3.63, 3.8) is 0 Å². The van der Waals surface area contributed by atoms with E-state index >= 15 is 0 Å². The average Bonchev–Trinajstić information content (AvgIpc) is 3.25. The molecule has 1 aromatic carbocycles. The van der Waals surface area contributed by atoms with Crippen molar-refractivity contribution in [1.82, 2.24) is 20.2 Å². The van der Waals surface area contributed by atoms with Crippen molar-refractivity contribution < 1.29 is 32.2 Å². The van der Waals surface area contributed by atoms with Crippen molar-refractivity contribution in [2.75, 3.05) is 25.6 Å². The number of hydrogen-bond donors (Lipinski definition) is 3. The Bertz CT molecular complexity index is 1270. The lowest BCUT2D eigenvalue weighted by Gasteiger charge is -2.30. The number of nitrogens with one attached hydrogen (secondary N) is 2. The normalized spacial score (nSPS) is 17.4. The van der Waals surface area contributed by atoms with E-state index in [4.69, 9.17) is 9.84 Å². The number of fused-ring (bicyclic) bond motifs is 1. The molecule has 2 aromatic heterocycles. The van der Waals surface area contributed by atoms with Gasteiger partial charge in [0.05, 0.1) is 24.5 Å². The Balaban J connectivity index is 1.44. The average molecular weight is 506 g/mol. The summed E-state index contributed by atoms with van der Waals surface area (Å²) >= 11 is 0. The monoisotopic (exact) mass is 506 g/mol. The number of likely N-dealkylation sites (tertiary alicyclic amines) is 1. The third-order valence-corrected chi connectivity index (χ3v) is 5.68.